The molecule has 0 bridgehead atoms. The Kier molecular flexibility index (Phi) is 5.11. The average Bonchev–Trinajstić information content (AvgIpc) is 3.13. The van der Waals surface area contributed by atoms with Crippen molar-refractivity contribution in [2.45, 2.75) is 6.92 Å². The zero-order chi connectivity index (χ0) is 16.5. The maximum absolute atomic E-state index is 4.60. The number of fused-ring (bicyclic) bond motifs is 1. The first-order valence-electron chi connectivity index (χ1n) is 7.76. The van der Waals surface area contributed by atoms with Gasteiger partial charge in [-0.1, -0.05) is 48.5 Å². The van der Waals surface area contributed by atoms with Crippen LogP contribution in [0.3, 0.4) is 0 Å². The summed E-state index contributed by atoms with van der Waals surface area (Å²) in [5.74, 6) is 0. The van der Waals surface area contributed by atoms with Gasteiger partial charge in [0, 0.05) is 30.4 Å². The Labute approximate surface area is 160 Å². The number of thiazole rings is 1. The first kappa shape index (κ1) is 17.5. The number of nitrogens with zero attached hydrogens (tertiary/aromatic N) is 3. The minimum absolute atomic E-state index is 0. The highest BCUT2D eigenvalue weighted by Gasteiger charge is 2.14. The van der Waals surface area contributed by atoms with Crippen molar-refractivity contribution in [3.8, 4) is 11.3 Å². The Morgan fingerprint density at radius 3 is 2.48 bits per heavy atom. The number of nitrogens with one attached hydrogen (secondary N) is 1. The van der Waals surface area contributed by atoms with Crippen LogP contribution in [-0.4, -0.2) is 9.55 Å². The van der Waals surface area contributed by atoms with Gasteiger partial charge in [0.15, 0.2) is 11.1 Å². The van der Waals surface area contributed by atoms with Gasteiger partial charge in [0.05, 0.1) is 17.0 Å². The average molecular weight is 413 g/mol. The molecule has 2 aromatic heterocycles. The molecule has 4 nitrogen and oxygen atoms in total. The fourth-order valence-corrected chi connectivity index (χ4v) is 3.58. The Hall–Kier alpha value is -2.31. The lowest BCUT2D eigenvalue weighted by atomic mass is 10.1. The SMILES string of the molecule is Cc1cn(C)[c+](N=Nc2c(-c3ccccc3)[nH]c3ccccc23)s1.[Br-]. The molecule has 0 aliphatic carbocycles. The summed E-state index contributed by atoms with van der Waals surface area (Å²) in [5, 5.41) is 11.1. The summed E-state index contributed by atoms with van der Waals surface area (Å²) in [7, 11) is 1.99. The number of aromatic nitrogens is 2. The number of hydrogen-bond acceptors (Lipinski definition) is 3. The Morgan fingerprint density at radius 1 is 1.04 bits per heavy atom. The predicted molar refractivity (Wildman–Crippen MR) is 100 cm³/mol. The number of rotatable bonds is 3. The second kappa shape index (κ2) is 7.29. The molecule has 1 N–H and O–H groups in total. The van der Waals surface area contributed by atoms with Gasteiger partial charge in [-0.25, -0.2) is 4.57 Å². The number of azo groups is 1. The van der Waals surface area contributed by atoms with E-state index < -0.39 is 0 Å². The molecule has 0 aliphatic rings. The lowest BCUT2D eigenvalue weighted by Crippen LogP contribution is -3.00. The maximum atomic E-state index is 4.60. The van der Waals surface area contributed by atoms with Gasteiger partial charge in [-0.15, -0.1) is 5.11 Å². The molecule has 0 saturated carbocycles. The molecule has 0 amide bonds. The molecule has 0 aliphatic heterocycles. The van der Waals surface area contributed by atoms with Crippen LogP contribution in [0.5, 0.6) is 0 Å². The molecule has 0 fully saturated rings. The van der Waals surface area contributed by atoms with Crippen molar-refractivity contribution < 1.29 is 17.0 Å². The molecule has 2 heterocycles. The highest BCUT2D eigenvalue weighted by Crippen LogP contribution is 2.38. The van der Waals surface area contributed by atoms with Crippen LogP contribution < -0.4 is 17.0 Å². The minimum Gasteiger partial charge on any atom is -1.00 e. The summed E-state index contributed by atoms with van der Waals surface area (Å²) in [6, 6.07) is 18.4. The highest BCUT2D eigenvalue weighted by molar-refractivity contribution is 7.15. The number of halogens is 1. The second-order valence-electron chi connectivity index (χ2n) is 5.70. The van der Waals surface area contributed by atoms with E-state index in [1.54, 1.807) is 11.3 Å². The smallest absolute Gasteiger partial charge is 0.317 e. The number of aryl methyl sites for hydroxylation is 2. The topological polar surface area (TPSA) is 45.4 Å². The van der Waals surface area contributed by atoms with E-state index in [1.165, 1.54) is 4.88 Å². The van der Waals surface area contributed by atoms with E-state index in [-0.39, 0.29) is 17.0 Å². The van der Waals surface area contributed by atoms with Gasteiger partial charge in [-0.05, 0) is 11.2 Å². The first-order chi connectivity index (χ1) is 11.7. The van der Waals surface area contributed by atoms with E-state index in [0.717, 1.165) is 33.0 Å². The van der Waals surface area contributed by atoms with Crippen LogP contribution in [0.4, 0.5) is 10.8 Å². The quantitative estimate of drug-likeness (QED) is 0.396. The second-order valence-corrected chi connectivity index (χ2v) is 6.91. The van der Waals surface area contributed by atoms with Gasteiger partial charge < -0.3 is 22.0 Å². The van der Waals surface area contributed by atoms with Crippen LogP contribution in [0.2, 0.25) is 0 Å². The zero-order valence-electron chi connectivity index (χ0n) is 13.9. The molecule has 0 radical (unpaired) electrons. The third-order valence-electron chi connectivity index (χ3n) is 3.91. The monoisotopic (exact) mass is 412 g/mol. The highest BCUT2D eigenvalue weighted by atomic mass is 79.9. The molecule has 6 heteroatoms. The van der Waals surface area contributed by atoms with Crippen molar-refractivity contribution in [1.29, 1.82) is 0 Å². The number of benzene rings is 2. The summed E-state index contributed by atoms with van der Waals surface area (Å²) in [4.78, 5) is 4.70. The number of para-hydroxylation sites is 1. The van der Waals surface area contributed by atoms with E-state index in [9.17, 15) is 0 Å². The standard InChI is InChI=1S/C19H17N4S.BrH/c1-13-12-23(2)19(24-13)22-21-18-15-10-6-7-11-16(15)20-17(18)14-8-4-3-5-9-14;/h3-12,20H,1-2H3;1H/q+1;/p-1. The van der Waals surface area contributed by atoms with Crippen LogP contribution >= 0.6 is 11.3 Å². The van der Waals surface area contributed by atoms with E-state index in [2.05, 4.69) is 52.6 Å². The lowest BCUT2D eigenvalue weighted by molar-refractivity contribution is -0.00000485. The van der Waals surface area contributed by atoms with Crippen molar-refractivity contribution in [2.24, 2.45) is 17.3 Å². The Balaban J connectivity index is 0.00000182. The molecule has 2 aromatic carbocycles. The maximum Gasteiger partial charge on any atom is 0.317 e. The number of aromatic amines is 1. The molecular formula is C19H17BrN4S. The molecule has 126 valence electrons. The fourth-order valence-electron chi connectivity index (χ4n) is 2.80. The van der Waals surface area contributed by atoms with Gasteiger partial charge >= 0.3 is 5.13 Å². The van der Waals surface area contributed by atoms with Crippen molar-refractivity contribution in [1.82, 2.24) is 9.55 Å². The Bertz CT molecular complexity index is 1030. The number of H-pyrrole nitrogens is 1. The molecule has 0 spiro atoms. The third-order valence-corrected chi connectivity index (χ3v) is 4.89. The van der Waals surface area contributed by atoms with Crippen LogP contribution in [-0.2, 0) is 7.05 Å². The summed E-state index contributed by atoms with van der Waals surface area (Å²) in [6.07, 6.45) is 2.06. The first-order valence-corrected chi connectivity index (χ1v) is 8.58. The van der Waals surface area contributed by atoms with Gasteiger partial charge in [0.1, 0.15) is 5.69 Å². The van der Waals surface area contributed by atoms with Gasteiger partial charge in [-0.2, -0.15) is 0 Å². The molecule has 25 heavy (non-hydrogen) atoms. The third kappa shape index (κ3) is 3.41. The van der Waals surface area contributed by atoms with Crippen LogP contribution in [0.25, 0.3) is 22.2 Å². The van der Waals surface area contributed by atoms with E-state index >= 15 is 0 Å². The Morgan fingerprint density at radius 2 is 1.76 bits per heavy atom. The lowest BCUT2D eigenvalue weighted by Gasteiger charge is -1.99. The molecule has 0 saturated heterocycles. The van der Waals surface area contributed by atoms with E-state index in [0.29, 0.717) is 0 Å². The molecule has 4 rings (SSSR count). The van der Waals surface area contributed by atoms with Crippen LogP contribution in [0.15, 0.2) is 71.0 Å². The predicted octanol–water partition coefficient (Wildman–Crippen LogP) is 3.24. The summed E-state index contributed by atoms with van der Waals surface area (Å²) >= 11 is 1.64. The van der Waals surface area contributed by atoms with Gasteiger partial charge in [0.25, 0.3) is 0 Å². The molecule has 0 atom stereocenters. The summed E-state index contributed by atoms with van der Waals surface area (Å²) in [6.45, 7) is 2.07. The zero-order valence-corrected chi connectivity index (χ0v) is 16.3. The van der Waals surface area contributed by atoms with E-state index in [1.807, 2.05) is 41.9 Å². The van der Waals surface area contributed by atoms with Gasteiger partial charge in [0.2, 0.25) is 0 Å². The van der Waals surface area contributed by atoms with Gasteiger partial charge in [-0.3, -0.25) is 0 Å². The fraction of sp³-hybridized carbons (Fsp3) is 0.105. The number of hydrogen-bond donors (Lipinski definition) is 1. The van der Waals surface area contributed by atoms with Crippen LogP contribution in [0, 0.1) is 6.92 Å². The van der Waals surface area contributed by atoms with Crippen molar-refractivity contribution in [3.05, 3.63) is 65.7 Å². The molecule has 0 unspecified atom stereocenters. The van der Waals surface area contributed by atoms with Crippen molar-refractivity contribution in [3.63, 3.8) is 0 Å². The normalized spacial score (nSPS) is 11.1. The van der Waals surface area contributed by atoms with Crippen LogP contribution in [0.1, 0.15) is 4.88 Å². The summed E-state index contributed by atoms with van der Waals surface area (Å²) in [5.41, 5.74) is 4.05. The minimum atomic E-state index is 0. The van der Waals surface area contributed by atoms with Crippen molar-refractivity contribution in [2.75, 3.05) is 0 Å². The van der Waals surface area contributed by atoms with Crippen molar-refractivity contribution >= 4 is 33.1 Å². The largest absolute Gasteiger partial charge is 1.00 e. The molecular weight excluding hydrogens is 396 g/mol. The summed E-state index contributed by atoms with van der Waals surface area (Å²) < 4.78 is 2.00. The molecule has 4 aromatic rings. The van der Waals surface area contributed by atoms with E-state index in [4.69, 9.17) is 0 Å².